The number of nitrogens with zero attached hydrogens (tertiary/aromatic N) is 2. The third-order valence-electron chi connectivity index (χ3n) is 4.07. The number of aromatic nitrogens is 1. The molecule has 11 heteroatoms. The molecule has 0 bridgehead atoms. The summed E-state index contributed by atoms with van der Waals surface area (Å²) in [5.74, 6) is -1.66. The van der Waals surface area contributed by atoms with E-state index in [-0.39, 0.29) is 29.3 Å². The molecule has 152 valence electrons. The summed E-state index contributed by atoms with van der Waals surface area (Å²) >= 11 is 5.72. The van der Waals surface area contributed by atoms with Crippen LogP contribution in [0.1, 0.15) is 23.6 Å². The number of pyridine rings is 1. The van der Waals surface area contributed by atoms with E-state index in [1.165, 1.54) is 19.2 Å². The summed E-state index contributed by atoms with van der Waals surface area (Å²) in [6, 6.07) is 2.45. The van der Waals surface area contributed by atoms with E-state index in [2.05, 4.69) is 9.73 Å². The van der Waals surface area contributed by atoms with E-state index >= 15 is 0 Å². The van der Waals surface area contributed by atoms with Crippen molar-refractivity contribution in [3.05, 3.63) is 51.9 Å². The molecule has 1 unspecified atom stereocenters. The molecule has 0 saturated heterocycles. The van der Waals surface area contributed by atoms with Crippen LogP contribution in [-0.4, -0.2) is 17.8 Å². The van der Waals surface area contributed by atoms with Crippen molar-refractivity contribution in [2.75, 3.05) is 6.61 Å². The lowest BCUT2D eigenvalue weighted by molar-refractivity contribution is -0.138. The van der Waals surface area contributed by atoms with Crippen molar-refractivity contribution in [3.63, 3.8) is 0 Å². The molecule has 0 fully saturated rings. The monoisotopic (exact) mass is 426 g/mol. The Balaban J connectivity index is 2.16. The summed E-state index contributed by atoms with van der Waals surface area (Å²) in [6.07, 6.45) is -3.80. The Morgan fingerprint density at radius 2 is 2.04 bits per heavy atom. The first-order valence-electron chi connectivity index (χ1n) is 7.95. The SMILES string of the molecule is Cn1cc(C(F)(F)F)cc(OC(F)F)c1=NC1CCOc2c1ccc(Cl)c2F. The average molecular weight is 427 g/mol. The lowest BCUT2D eigenvalue weighted by atomic mass is 10.0. The third kappa shape index (κ3) is 4.06. The molecule has 4 nitrogen and oxygen atoms in total. The van der Waals surface area contributed by atoms with Crippen LogP contribution in [0.3, 0.4) is 0 Å². The Hall–Kier alpha value is -2.36. The highest BCUT2D eigenvalue weighted by atomic mass is 35.5. The summed E-state index contributed by atoms with van der Waals surface area (Å²) in [6.45, 7) is -3.29. The second kappa shape index (κ2) is 7.57. The van der Waals surface area contributed by atoms with Crippen molar-refractivity contribution in [1.29, 1.82) is 0 Å². The van der Waals surface area contributed by atoms with E-state index in [0.29, 0.717) is 17.8 Å². The van der Waals surface area contributed by atoms with Crippen molar-refractivity contribution < 1.29 is 35.8 Å². The van der Waals surface area contributed by atoms with E-state index in [9.17, 15) is 26.3 Å². The summed E-state index contributed by atoms with van der Waals surface area (Å²) in [5.41, 5.74) is -1.12. The van der Waals surface area contributed by atoms with Crippen LogP contribution in [0.5, 0.6) is 11.5 Å². The first-order valence-corrected chi connectivity index (χ1v) is 8.33. The minimum absolute atomic E-state index is 0.0633. The van der Waals surface area contributed by atoms with Gasteiger partial charge in [-0.2, -0.15) is 22.0 Å². The van der Waals surface area contributed by atoms with Gasteiger partial charge in [0.15, 0.2) is 22.8 Å². The largest absolute Gasteiger partial charge is 0.490 e. The van der Waals surface area contributed by atoms with Gasteiger partial charge >= 0.3 is 12.8 Å². The number of ether oxygens (including phenoxy) is 2. The Morgan fingerprint density at radius 1 is 1.32 bits per heavy atom. The van der Waals surface area contributed by atoms with Gasteiger partial charge in [0.05, 0.1) is 23.2 Å². The highest BCUT2D eigenvalue weighted by molar-refractivity contribution is 6.30. The van der Waals surface area contributed by atoms with Crippen molar-refractivity contribution in [3.8, 4) is 11.5 Å². The molecule has 0 N–H and O–H groups in total. The molecular weight excluding hydrogens is 414 g/mol. The molecule has 1 aliphatic heterocycles. The first kappa shape index (κ1) is 20.4. The van der Waals surface area contributed by atoms with Crippen LogP contribution in [0.15, 0.2) is 29.4 Å². The van der Waals surface area contributed by atoms with Crippen LogP contribution in [0.2, 0.25) is 5.02 Å². The molecule has 1 aromatic carbocycles. The third-order valence-corrected chi connectivity index (χ3v) is 4.36. The molecule has 1 aliphatic rings. The standard InChI is InChI=1S/C17H13ClF6N2O2/c1-26-7-8(17(22,23)24)6-12(28-16(20)21)15(26)25-11-4-5-27-14-9(11)2-3-10(18)13(14)19/h2-3,6-7,11,16H,4-5H2,1H3. The van der Waals surface area contributed by atoms with Crippen molar-refractivity contribution in [2.45, 2.75) is 25.3 Å². The van der Waals surface area contributed by atoms with E-state index < -0.39 is 36.0 Å². The van der Waals surface area contributed by atoms with Crippen molar-refractivity contribution >= 4 is 11.6 Å². The summed E-state index contributed by atoms with van der Waals surface area (Å²) in [4.78, 5) is 4.25. The van der Waals surface area contributed by atoms with Gasteiger partial charge in [-0.15, -0.1) is 0 Å². The highest BCUT2D eigenvalue weighted by Crippen LogP contribution is 2.39. The second-order valence-electron chi connectivity index (χ2n) is 5.97. The fourth-order valence-corrected chi connectivity index (χ4v) is 2.99. The number of halogens is 7. The summed E-state index contributed by atoms with van der Waals surface area (Å²) < 4.78 is 89.1. The quantitative estimate of drug-likeness (QED) is 0.657. The lowest BCUT2D eigenvalue weighted by Gasteiger charge is -2.24. The average Bonchev–Trinajstić information content (AvgIpc) is 2.59. The highest BCUT2D eigenvalue weighted by Gasteiger charge is 2.33. The zero-order valence-corrected chi connectivity index (χ0v) is 15.0. The molecule has 0 radical (unpaired) electrons. The van der Waals surface area contributed by atoms with Crippen LogP contribution >= 0.6 is 11.6 Å². The van der Waals surface area contributed by atoms with Crippen LogP contribution in [0.4, 0.5) is 26.3 Å². The van der Waals surface area contributed by atoms with E-state index in [1.54, 1.807) is 0 Å². The molecule has 2 aromatic rings. The molecule has 0 amide bonds. The number of hydrogen-bond donors (Lipinski definition) is 0. The Bertz CT molecular complexity index is 958. The molecule has 0 aliphatic carbocycles. The van der Waals surface area contributed by atoms with E-state index in [1.807, 2.05) is 0 Å². The van der Waals surface area contributed by atoms with Gasteiger partial charge in [0.25, 0.3) is 0 Å². The van der Waals surface area contributed by atoms with E-state index in [0.717, 1.165) is 4.57 Å². The number of hydrogen-bond acceptors (Lipinski definition) is 3. The predicted molar refractivity (Wildman–Crippen MR) is 86.9 cm³/mol. The predicted octanol–water partition coefficient (Wildman–Crippen LogP) is 4.86. The Labute approximate surface area is 160 Å². The zero-order chi connectivity index (χ0) is 20.6. The van der Waals surface area contributed by atoms with Gasteiger partial charge in [-0.25, -0.2) is 4.39 Å². The van der Waals surface area contributed by atoms with E-state index in [4.69, 9.17) is 16.3 Å². The lowest BCUT2D eigenvalue weighted by Crippen LogP contribution is -2.26. The molecular formula is C17H13ClF6N2O2. The van der Waals surface area contributed by atoms with Gasteiger partial charge in [0, 0.05) is 25.2 Å². The number of benzene rings is 1. The Kier molecular flexibility index (Phi) is 5.51. The van der Waals surface area contributed by atoms with Gasteiger partial charge in [-0.1, -0.05) is 17.7 Å². The zero-order valence-electron chi connectivity index (χ0n) is 14.2. The smallest absolute Gasteiger partial charge is 0.417 e. The van der Waals surface area contributed by atoms with Gasteiger partial charge in [0.2, 0.25) is 0 Å². The van der Waals surface area contributed by atoms with Crippen LogP contribution in [-0.2, 0) is 13.2 Å². The minimum atomic E-state index is -4.76. The molecule has 3 rings (SSSR count). The maximum Gasteiger partial charge on any atom is 0.417 e. The number of alkyl halides is 5. The van der Waals surface area contributed by atoms with Crippen LogP contribution < -0.4 is 15.0 Å². The molecule has 1 atom stereocenters. The van der Waals surface area contributed by atoms with Gasteiger partial charge in [-0.3, -0.25) is 4.99 Å². The fourth-order valence-electron chi connectivity index (χ4n) is 2.84. The summed E-state index contributed by atoms with van der Waals surface area (Å²) in [7, 11) is 1.22. The first-order chi connectivity index (χ1) is 13.1. The maximum absolute atomic E-state index is 14.2. The Morgan fingerprint density at radius 3 is 2.68 bits per heavy atom. The van der Waals surface area contributed by atoms with Gasteiger partial charge in [0.1, 0.15) is 0 Å². The van der Waals surface area contributed by atoms with Crippen LogP contribution in [0.25, 0.3) is 0 Å². The summed E-state index contributed by atoms with van der Waals surface area (Å²) in [5, 5.41) is -0.166. The topological polar surface area (TPSA) is 35.8 Å². The van der Waals surface area contributed by atoms with Gasteiger partial charge < -0.3 is 14.0 Å². The minimum Gasteiger partial charge on any atom is -0.490 e. The number of fused-ring (bicyclic) bond motifs is 1. The van der Waals surface area contributed by atoms with Crippen molar-refractivity contribution in [2.24, 2.45) is 12.0 Å². The fraction of sp³-hybridized carbons (Fsp3) is 0.353. The number of aryl methyl sites for hydroxylation is 1. The second-order valence-corrected chi connectivity index (χ2v) is 6.37. The molecule has 0 spiro atoms. The molecule has 0 saturated carbocycles. The molecule has 1 aromatic heterocycles. The molecule has 28 heavy (non-hydrogen) atoms. The van der Waals surface area contributed by atoms with Crippen molar-refractivity contribution in [1.82, 2.24) is 4.57 Å². The molecule has 2 heterocycles. The maximum atomic E-state index is 14.2. The normalized spacial score (nSPS) is 17.5. The number of rotatable bonds is 3. The van der Waals surface area contributed by atoms with Crippen LogP contribution in [0, 0.1) is 5.82 Å². The van der Waals surface area contributed by atoms with Gasteiger partial charge in [-0.05, 0) is 12.1 Å².